The Bertz CT molecular complexity index is 558. The zero-order valence-electron chi connectivity index (χ0n) is 12.3. The van der Waals surface area contributed by atoms with Crippen molar-refractivity contribution in [3.8, 4) is 5.75 Å². The molecule has 2 rings (SSSR count). The van der Waals surface area contributed by atoms with E-state index < -0.39 is 6.10 Å². The fourth-order valence-corrected chi connectivity index (χ4v) is 1.87. The average Bonchev–Trinajstić information content (AvgIpc) is 2.42. The van der Waals surface area contributed by atoms with E-state index in [1.807, 2.05) is 30.3 Å². The van der Waals surface area contributed by atoms with Crippen LogP contribution in [0.1, 0.15) is 20.8 Å². The van der Waals surface area contributed by atoms with Crippen LogP contribution < -0.4 is 10.1 Å². The lowest BCUT2D eigenvalue weighted by Gasteiger charge is -2.23. The lowest BCUT2D eigenvalue weighted by atomic mass is 10.1. The van der Waals surface area contributed by atoms with Gasteiger partial charge in [-0.2, -0.15) is 0 Å². The number of aromatic nitrogens is 1. The number of aliphatic hydroxyl groups is 1. The summed E-state index contributed by atoms with van der Waals surface area (Å²) < 4.78 is 5.72. The van der Waals surface area contributed by atoms with Crippen molar-refractivity contribution in [1.29, 1.82) is 0 Å². The van der Waals surface area contributed by atoms with Crippen molar-refractivity contribution in [2.24, 2.45) is 0 Å². The molecule has 0 fully saturated rings. The Balaban J connectivity index is 1.96. The van der Waals surface area contributed by atoms with Gasteiger partial charge in [-0.05, 0) is 45.0 Å². The van der Waals surface area contributed by atoms with E-state index in [-0.39, 0.29) is 12.1 Å². The molecule has 0 aliphatic rings. The molecule has 0 radical (unpaired) electrons. The summed E-state index contributed by atoms with van der Waals surface area (Å²) in [5, 5.41) is 14.2. The summed E-state index contributed by atoms with van der Waals surface area (Å²) in [4.78, 5) is 4.28. The Kier molecular flexibility index (Phi) is 4.57. The van der Waals surface area contributed by atoms with Gasteiger partial charge in [-0.15, -0.1) is 0 Å². The van der Waals surface area contributed by atoms with E-state index in [1.165, 1.54) is 0 Å². The standard InChI is InChI=1S/C16H22N2O2/c1-16(2,3)18-10-12(19)11-20-15-8-4-7-14-13(15)6-5-9-17-14/h4-9,12,18-19H,10-11H2,1-3H3/t12-/m0/s1. The molecule has 20 heavy (non-hydrogen) atoms. The predicted molar refractivity (Wildman–Crippen MR) is 81.0 cm³/mol. The second kappa shape index (κ2) is 6.20. The first-order chi connectivity index (χ1) is 9.46. The van der Waals surface area contributed by atoms with Crippen molar-refractivity contribution in [3.63, 3.8) is 0 Å². The predicted octanol–water partition coefficient (Wildman–Crippen LogP) is 2.36. The van der Waals surface area contributed by atoms with Crippen LogP contribution in [0.25, 0.3) is 10.9 Å². The molecule has 1 aromatic carbocycles. The maximum atomic E-state index is 9.94. The van der Waals surface area contributed by atoms with Crippen molar-refractivity contribution < 1.29 is 9.84 Å². The molecular formula is C16H22N2O2. The van der Waals surface area contributed by atoms with Crippen molar-refractivity contribution in [2.75, 3.05) is 13.2 Å². The quantitative estimate of drug-likeness (QED) is 0.879. The summed E-state index contributed by atoms with van der Waals surface area (Å²) >= 11 is 0. The van der Waals surface area contributed by atoms with E-state index in [0.29, 0.717) is 6.54 Å². The molecular weight excluding hydrogens is 252 g/mol. The molecule has 0 amide bonds. The smallest absolute Gasteiger partial charge is 0.128 e. The number of pyridine rings is 1. The fourth-order valence-electron chi connectivity index (χ4n) is 1.87. The zero-order chi connectivity index (χ0) is 14.6. The van der Waals surface area contributed by atoms with Crippen molar-refractivity contribution in [3.05, 3.63) is 36.5 Å². The monoisotopic (exact) mass is 274 g/mol. The molecule has 0 saturated carbocycles. The first-order valence-electron chi connectivity index (χ1n) is 6.85. The third kappa shape index (κ3) is 4.18. The van der Waals surface area contributed by atoms with Gasteiger partial charge in [-0.3, -0.25) is 4.98 Å². The van der Waals surface area contributed by atoms with E-state index in [0.717, 1.165) is 16.7 Å². The molecule has 0 unspecified atom stereocenters. The Morgan fingerprint density at radius 2 is 2.05 bits per heavy atom. The van der Waals surface area contributed by atoms with Gasteiger partial charge in [0, 0.05) is 23.7 Å². The lowest BCUT2D eigenvalue weighted by molar-refractivity contribution is 0.101. The third-order valence-electron chi connectivity index (χ3n) is 2.90. The number of rotatable bonds is 5. The second-order valence-corrected chi connectivity index (χ2v) is 5.92. The number of fused-ring (bicyclic) bond motifs is 1. The first kappa shape index (κ1) is 14.8. The number of hydrogen-bond acceptors (Lipinski definition) is 4. The first-order valence-corrected chi connectivity index (χ1v) is 6.85. The Morgan fingerprint density at radius 1 is 1.25 bits per heavy atom. The van der Waals surface area contributed by atoms with Gasteiger partial charge in [0.1, 0.15) is 18.5 Å². The van der Waals surface area contributed by atoms with Gasteiger partial charge < -0.3 is 15.2 Å². The highest BCUT2D eigenvalue weighted by Gasteiger charge is 2.13. The molecule has 1 atom stereocenters. The van der Waals surface area contributed by atoms with E-state index in [2.05, 4.69) is 31.1 Å². The Hall–Kier alpha value is -1.65. The molecule has 0 saturated heterocycles. The summed E-state index contributed by atoms with van der Waals surface area (Å²) in [6, 6.07) is 9.60. The minimum absolute atomic E-state index is 0.00958. The Labute approximate surface area is 119 Å². The normalized spacial score (nSPS) is 13.4. The van der Waals surface area contributed by atoms with Gasteiger partial charge in [-0.25, -0.2) is 0 Å². The van der Waals surface area contributed by atoms with Gasteiger partial charge in [0.25, 0.3) is 0 Å². The molecule has 108 valence electrons. The number of nitrogens with one attached hydrogen (secondary N) is 1. The fraction of sp³-hybridized carbons (Fsp3) is 0.438. The van der Waals surface area contributed by atoms with Crippen LogP contribution in [0.2, 0.25) is 0 Å². The summed E-state index contributed by atoms with van der Waals surface area (Å²) in [7, 11) is 0. The maximum absolute atomic E-state index is 9.94. The van der Waals surface area contributed by atoms with Crippen LogP contribution >= 0.6 is 0 Å². The highest BCUT2D eigenvalue weighted by molar-refractivity contribution is 5.84. The largest absolute Gasteiger partial charge is 0.490 e. The van der Waals surface area contributed by atoms with Crippen molar-refractivity contribution in [1.82, 2.24) is 10.3 Å². The molecule has 4 heteroatoms. The van der Waals surface area contributed by atoms with E-state index >= 15 is 0 Å². The van der Waals surface area contributed by atoms with Crippen LogP contribution in [0, 0.1) is 0 Å². The van der Waals surface area contributed by atoms with Gasteiger partial charge in [0.05, 0.1) is 5.52 Å². The average molecular weight is 274 g/mol. The number of nitrogens with zero attached hydrogens (tertiary/aromatic N) is 1. The number of aliphatic hydroxyl groups excluding tert-OH is 1. The molecule has 0 aliphatic carbocycles. The minimum Gasteiger partial charge on any atom is -0.490 e. The van der Waals surface area contributed by atoms with Gasteiger partial charge in [0.15, 0.2) is 0 Å². The van der Waals surface area contributed by atoms with Crippen LogP contribution in [0.15, 0.2) is 36.5 Å². The van der Waals surface area contributed by atoms with Gasteiger partial charge >= 0.3 is 0 Å². The van der Waals surface area contributed by atoms with E-state index in [4.69, 9.17) is 4.74 Å². The van der Waals surface area contributed by atoms with E-state index in [1.54, 1.807) is 6.20 Å². The molecule has 1 aromatic heterocycles. The van der Waals surface area contributed by atoms with Crippen LogP contribution in [0.3, 0.4) is 0 Å². The summed E-state index contributed by atoms with van der Waals surface area (Å²) in [6.07, 6.45) is 1.22. The molecule has 2 aromatic rings. The van der Waals surface area contributed by atoms with Gasteiger partial charge in [0.2, 0.25) is 0 Å². The number of benzene rings is 1. The number of ether oxygens (including phenoxy) is 1. The summed E-state index contributed by atoms with van der Waals surface area (Å²) in [5.74, 6) is 0.755. The summed E-state index contributed by atoms with van der Waals surface area (Å²) in [5.41, 5.74) is 0.886. The molecule has 0 bridgehead atoms. The second-order valence-electron chi connectivity index (χ2n) is 5.92. The SMILES string of the molecule is CC(C)(C)NC[C@H](O)COc1cccc2ncccc12. The molecule has 1 heterocycles. The molecule has 4 nitrogen and oxygen atoms in total. The third-order valence-corrected chi connectivity index (χ3v) is 2.90. The minimum atomic E-state index is -0.541. The van der Waals surface area contributed by atoms with Crippen molar-refractivity contribution >= 4 is 10.9 Å². The topological polar surface area (TPSA) is 54.4 Å². The maximum Gasteiger partial charge on any atom is 0.128 e. The number of β-amino-alcohol motifs (C(OH)–C–C–N with tert-alkyl or cyclic N) is 1. The molecule has 0 aliphatic heterocycles. The van der Waals surface area contributed by atoms with Gasteiger partial charge in [-0.1, -0.05) is 6.07 Å². The number of hydrogen-bond donors (Lipinski definition) is 2. The van der Waals surface area contributed by atoms with Crippen LogP contribution in [0.4, 0.5) is 0 Å². The van der Waals surface area contributed by atoms with Crippen LogP contribution in [-0.2, 0) is 0 Å². The highest BCUT2D eigenvalue weighted by atomic mass is 16.5. The summed E-state index contributed by atoms with van der Waals surface area (Å²) in [6.45, 7) is 6.97. The van der Waals surface area contributed by atoms with Crippen LogP contribution in [0.5, 0.6) is 5.75 Å². The molecule has 2 N–H and O–H groups in total. The Morgan fingerprint density at radius 3 is 2.80 bits per heavy atom. The molecule has 0 spiro atoms. The zero-order valence-corrected chi connectivity index (χ0v) is 12.3. The van der Waals surface area contributed by atoms with Crippen molar-refractivity contribution in [2.45, 2.75) is 32.4 Å². The lowest BCUT2D eigenvalue weighted by Crippen LogP contribution is -2.42. The highest BCUT2D eigenvalue weighted by Crippen LogP contribution is 2.23. The van der Waals surface area contributed by atoms with Crippen LogP contribution in [-0.4, -0.2) is 34.9 Å². The van der Waals surface area contributed by atoms with E-state index in [9.17, 15) is 5.11 Å².